The summed E-state index contributed by atoms with van der Waals surface area (Å²) in [6, 6.07) is 13.6. The number of nitrogens with two attached hydrogens (primary N) is 1. The molecule has 0 saturated carbocycles. The van der Waals surface area contributed by atoms with Crippen LogP contribution in [0.4, 0.5) is 5.69 Å². The molecule has 1 fully saturated rings. The van der Waals surface area contributed by atoms with Gasteiger partial charge in [-0.05, 0) is 31.0 Å². The number of methoxy groups -OCH3 is 1. The fourth-order valence-corrected chi connectivity index (χ4v) is 3.50. The van der Waals surface area contributed by atoms with Crippen LogP contribution in [0.1, 0.15) is 28.8 Å². The second-order valence-corrected chi connectivity index (χ2v) is 7.01. The number of hydrogen-bond donors (Lipinski definition) is 2. The van der Waals surface area contributed by atoms with Gasteiger partial charge in [0.25, 0.3) is 5.91 Å². The van der Waals surface area contributed by atoms with E-state index in [1.54, 1.807) is 12.1 Å². The molecule has 1 amide bonds. The fraction of sp³-hybridized carbons (Fsp3) is 0.350. The molecule has 1 heterocycles. The summed E-state index contributed by atoms with van der Waals surface area (Å²) in [4.78, 5) is 15.1. The minimum absolute atomic E-state index is 0. The van der Waals surface area contributed by atoms with Crippen LogP contribution in [0, 0.1) is 0 Å². The number of rotatable bonds is 5. The van der Waals surface area contributed by atoms with Crippen molar-refractivity contribution in [3.63, 3.8) is 0 Å². The van der Waals surface area contributed by atoms with Crippen molar-refractivity contribution < 1.29 is 9.53 Å². The summed E-state index contributed by atoms with van der Waals surface area (Å²) < 4.78 is 5.28. The summed E-state index contributed by atoms with van der Waals surface area (Å²) in [5.74, 6) is 0.247. The molecule has 1 saturated heterocycles. The van der Waals surface area contributed by atoms with Gasteiger partial charge in [0.2, 0.25) is 0 Å². The number of amides is 1. The minimum atomic E-state index is -0.185. The number of nitrogens with zero attached hydrogens (tertiary/aromatic N) is 1. The van der Waals surface area contributed by atoms with Crippen molar-refractivity contribution in [2.45, 2.75) is 25.4 Å². The van der Waals surface area contributed by atoms with Gasteiger partial charge in [-0.2, -0.15) is 0 Å². The van der Waals surface area contributed by atoms with Gasteiger partial charge in [-0.3, -0.25) is 9.69 Å². The molecule has 0 aliphatic carbocycles. The van der Waals surface area contributed by atoms with Crippen molar-refractivity contribution in [2.75, 3.05) is 25.9 Å². The first-order valence-corrected chi connectivity index (χ1v) is 9.14. The Balaban J connectivity index is 0.00000196. The third-order valence-corrected chi connectivity index (χ3v) is 4.98. The van der Waals surface area contributed by atoms with Crippen molar-refractivity contribution in [1.82, 2.24) is 10.2 Å². The number of anilines is 1. The van der Waals surface area contributed by atoms with Crippen LogP contribution in [0.3, 0.4) is 0 Å². The lowest BCUT2D eigenvalue weighted by Gasteiger charge is -2.33. The van der Waals surface area contributed by atoms with E-state index in [4.69, 9.17) is 22.1 Å². The highest BCUT2D eigenvalue weighted by Gasteiger charge is 2.23. The normalized spacial score (nSPS) is 16.4. The molecule has 0 radical (unpaired) electrons. The Morgan fingerprint density at radius 2 is 2.00 bits per heavy atom. The lowest BCUT2D eigenvalue weighted by atomic mass is 10.0. The molecule has 1 atom stereocenters. The molecule has 0 spiro atoms. The Labute approximate surface area is 183 Å². The molecule has 154 valence electrons. The minimum Gasteiger partial charge on any atom is -0.496 e. The molecule has 5 nitrogen and oxygen atoms in total. The van der Waals surface area contributed by atoms with Gasteiger partial charge in [-0.15, -0.1) is 24.8 Å². The number of carbonyl (C=O) groups excluding carboxylic acids is 1. The first-order chi connectivity index (χ1) is 12.6. The molecule has 8 heteroatoms. The Kier molecular flexibility index (Phi) is 9.90. The first kappa shape index (κ1) is 24.4. The third-order valence-electron chi connectivity index (χ3n) is 4.65. The summed E-state index contributed by atoms with van der Waals surface area (Å²) in [7, 11) is 1.52. The number of nitrogens with one attached hydrogen (secondary N) is 1. The zero-order valence-corrected chi connectivity index (χ0v) is 18.1. The summed E-state index contributed by atoms with van der Waals surface area (Å²) in [5, 5.41) is 3.46. The van der Waals surface area contributed by atoms with Crippen LogP contribution in [-0.2, 0) is 6.54 Å². The van der Waals surface area contributed by atoms with E-state index in [0.29, 0.717) is 22.0 Å². The van der Waals surface area contributed by atoms with Crippen molar-refractivity contribution in [3.8, 4) is 5.75 Å². The van der Waals surface area contributed by atoms with Crippen LogP contribution < -0.4 is 15.8 Å². The lowest BCUT2D eigenvalue weighted by Crippen LogP contribution is -2.47. The van der Waals surface area contributed by atoms with E-state index in [9.17, 15) is 4.79 Å². The van der Waals surface area contributed by atoms with Crippen LogP contribution in [-0.4, -0.2) is 37.0 Å². The third kappa shape index (κ3) is 6.17. The molecule has 0 aromatic heterocycles. The number of carbonyl (C=O) groups is 1. The summed E-state index contributed by atoms with van der Waals surface area (Å²) in [6.07, 6.45) is 2.01. The molecule has 28 heavy (non-hydrogen) atoms. The summed E-state index contributed by atoms with van der Waals surface area (Å²) in [5.41, 5.74) is 7.88. The molecule has 3 N–H and O–H groups in total. The largest absolute Gasteiger partial charge is 0.496 e. The molecule has 2 aromatic rings. The van der Waals surface area contributed by atoms with Crippen LogP contribution in [0.2, 0.25) is 5.02 Å². The molecule has 1 unspecified atom stereocenters. The van der Waals surface area contributed by atoms with Crippen LogP contribution >= 0.6 is 36.4 Å². The maximum absolute atomic E-state index is 12.7. The molecular formula is C20H26Cl3N3O2. The topological polar surface area (TPSA) is 67.6 Å². The van der Waals surface area contributed by atoms with Gasteiger partial charge < -0.3 is 15.8 Å². The molecule has 2 aromatic carbocycles. The Hall–Kier alpha value is -1.66. The molecular weight excluding hydrogens is 421 g/mol. The van der Waals surface area contributed by atoms with Crippen molar-refractivity contribution in [1.29, 1.82) is 0 Å². The van der Waals surface area contributed by atoms with Gasteiger partial charge in [0.05, 0.1) is 23.4 Å². The van der Waals surface area contributed by atoms with Crippen LogP contribution in [0.25, 0.3) is 0 Å². The maximum Gasteiger partial charge on any atom is 0.255 e. The number of ether oxygens (including phenoxy) is 1. The highest BCUT2D eigenvalue weighted by molar-refractivity contribution is 6.33. The molecule has 3 rings (SSSR count). The van der Waals surface area contributed by atoms with E-state index in [2.05, 4.69) is 34.5 Å². The predicted octanol–water partition coefficient (Wildman–Crippen LogP) is 4.17. The highest BCUT2D eigenvalue weighted by Crippen LogP contribution is 2.29. The Morgan fingerprint density at radius 3 is 2.68 bits per heavy atom. The predicted molar refractivity (Wildman–Crippen MR) is 119 cm³/mol. The van der Waals surface area contributed by atoms with Crippen molar-refractivity contribution in [2.24, 2.45) is 0 Å². The Bertz CT molecular complexity index is 775. The maximum atomic E-state index is 12.7. The second kappa shape index (κ2) is 11.4. The van der Waals surface area contributed by atoms with E-state index in [1.807, 2.05) is 6.07 Å². The number of hydrogen-bond acceptors (Lipinski definition) is 4. The number of halogens is 3. The quantitative estimate of drug-likeness (QED) is 0.677. The van der Waals surface area contributed by atoms with Crippen molar-refractivity contribution >= 4 is 48.0 Å². The van der Waals surface area contributed by atoms with Gasteiger partial charge in [0.1, 0.15) is 5.75 Å². The van der Waals surface area contributed by atoms with Gasteiger partial charge in [0.15, 0.2) is 0 Å². The average molecular weight is 447 g/mol. The summed E-state index contributed by atoms with van der Waals surface area (Å²) >= 11 is 6.07. The van der Waals surface area contributed by atoms with E-state index in [0.717, 1.165) is 32.5 Å². The standard InChI is InChI=1S/C20H24ClN3O2.2ClH/c1-26-19-11-18(22)17(21)10-16(19)20(25)23-15-8-5-9-24(13-15)12-14-6-3-2-4-7-14;;/h2-4,6-7,10-11,15H,5,8-9,12-13,22H2,1H3,(H,23,25);2*1H. The molecule has 1 aliphatic rings. The lowest BCUT2D eigenvalue weighted by molar-refractivity contribution is 0.0898. The number of likely N-dealkylation sites (tertiary alicyclic amines) is 1. The summed E-state index contributed by atoms with van der Waals surface area (Å²) in [6.45, 7) is 2.76. The first-order valence-electron chi connectivity index (χ1n) is 8.77. The van der Waals surface area contributed by atoms with E-state index in [-0.39, 0.29) is 36.8 Å². The van der Waals surface area contributed by atoms with E-state index < -0.39 is 0 Å². The SMILES string of the molecule is COc1cc(N)c(Cl)cc1C(=O)NC1CCCN(Cc2ccccc2)C1.Cl.Cl. The van der Waals surface area contributed by atoms with E-state index in [1.165, 1.54) is 12.7 Å². The second-order valence-electron chi connectivity index (χ2n) is 6.61. The fourth-order valence-electron chi connectivity index (χ4n) is 3.34. The van der Waals surface area contributed by atoms with Crippen molar-refractivity contribution in [3.05, 3.63) is 58.6 Å². The smallest absolute Gasteiger partial charge is 0.255 e. The van der Waals surface area contributed by atoms with E-state index >= 15 is 0 Å². The monoisotopic (exact) mass is 445 g/mol. The number of piperidine rings is 1. The van der Waals surface area contributed by atoms with Gasteiger partial charge >= 0.3 is 0 Å². The average Bonchev–Trinajstić information content (AvgIpc) is 2.64. The molecule has 1 aliphatic heterocycles. The zero-order chi connectivity index (χ0) is 18.5. The van der Waals surface area contributed by atoms with Gasteiger partial charge in [0, 0.05) is 25.2 Å². The zero-order valence-electron chi connectivity index (χ0n) is 15.7. The number of nitrogen functional groups attached to an aromatic ring is 1. The van der Waals surface area contributed by atoms with Crippen LogP contribution in [0.5, 0.6) is 5.75 Å². The highest BCUT2D eigenvalue weighted by atomic mass is 35.5. The Morgan fingerprint density at radius 1 is 1.29 bits per heavy atom. The van der Waals surface area contributed by atoms with Crippen LogP contribution in [0.15, 0.2) is 42.5 Å². The van der Waals surface area contributed by atoms with Gasteiger partial charge in [-0.1, -0.05) is 41.9 Å². The number of benzene rings is 2. The van der Waals surface area contributed by atoms with Gasteiger partial charge in [-0.25, -0.2) is 0 Å². The molecule has 0 bridgehead atoms.